The molecule has 1 amide bonds. The van der Waals surface area contributed by atoms with E-state index in [4.69, 9.17) is 4.74 Å². The number of carbonyl (C=O) groups excluding carboxylic acids is 1. The zero-order chi connectivity index (χ0) is 22.5. The molecule has 6 nitrogen and oxygen atoms in total. The van der Waals surface area contributed by atoms with Gasteiger partial charge in [-0.15, -0.1) is 10.2 Å². The SMILES string of the molecule is CC(C)CCn1c(COc2ccccc2)nnc1SC(C)C(=O)N1CCc2ccccc21. The molecule has 32 heavy (non-hydrogen) atoms. The molecule has 2 heterocycles. The summed E-state index contributed by atoms with van der Waals surface area (Å²) in [4.78, 5) is 15.1. The van der Waals surface area contributed by atoms with Crippen LogP contribution in [0.15, 0.2) is 59.8 Å². The fraction of sp³-hybridized carbons (Fsp3) is 0.400. The van der Waals surface area contributed by atoms with E-state index in [-0.39, 0.29) is 11.2 Å². The number of anilines is 1. The molecule has 1 aromatic heterocycles. The normalized spacial score (nSPS) is 13.9. The van der Waals surface area contributed by atoms with Crippen LogP contribution in [0.4, 0.5) is 5.69 Å². The molecule has 0 N–H and O–H groups in total. The van der Waals surface area contributed by atoms with Gasteiger partial charge in [0.25, 0.3) is 0 Å². The third-order valence-corrected chi connectivity index (χ3v) is 6.69. The smallest absolute Gasteiger partial charge is 0.240 e. The molecule has 0 saturated carbocycles. The predicted octanol–water partition coefficient (Wildman–Crippen LogP) is 4.97. The largest absolute Gasteiger partial charge is 0.486 e. The minimum Gasteiger partial charge on any atom is -0.486 e. The summed E-state index contributed by atoms with van der Waals surface area (Å²) in [5.41, 5.74) is 2.27. The van der Waals surface area contributed by atoms with Crippen molar-refractivity contribution in [2.24, 2.45) is 5.92 Å². The summed E-state index contributed by atoms with van der Waals surface area (Å²) in [7, 11) is 0. The van der Waals surface area contributed by atoms with Crippen LogP contribution in [0.25, 0.3) is 0 Å². The second-order valence-corrected chi connectivity index (χ2v) is 9.77. The number of thioether (sulfide) groups is 1. The number of aromatic nitrogens is 3. The number of para-hydroxylation sites is 2. The molecule has 7 heteroatoms. The Morgan fingerprint density at radius 3 is 2.59 bits per heavy atom. The van der Waals surface area contributed by atoms with Crippen molar-refractivity contribution in [3.63, 3.8) is 0 Å². The molecule has 0 aliphatic carbocycles. The highest BCUT2D eigenvalue weighted by Gasteiger charge is 2.29. The number of rotatable bonds is 9. The average molecular weight is 451 g/mol. The van der Waals surface area contributed by atoms with Crippen molar-refractivity contribution < 1.29 is 9.53 Å². The van der Waals surface area contributed by atoms with Crippen molar-refractivity contribution in [3.8, 4) is 5.75 Å². The van der Waals surface area contributed by atoms with Crippen LogP contribution in [0, 0.1) is 5.92 Å². The Hall–Kier alpha value is -2.80. The van der Waals surface area contributed by atoms with Crippen LogP contribution in [0.5, 0.6) is 5.75 Å². The van der Waals surface area contributed by atoms with E-state index in [2.05, 4.69) is 34.7 Å². The lowest BCUT2D eigenvalue weighted by molar-refractivity contribution is -0.117. The zero-order valence-electron chi connectivity index (χ0n) is 18.9. The predicted molar refractivity (Wildman–Crippen MR) is 128 cm³/mol. The molecule has 168 valence electrons. The first-order valence-electron chi connectivity index (χ1n) is 11.2. The Morgan fingerprint density at radius 2 is 1.81 bits per heavy atom. The summed E-state index contributed by atoms with van der Waals surface area (Å²) in [6.07, 6.45) is 1.91. The number of hydrogen-bond acceptors (Lipinski definition) is 5. The van der Waals surface area contributed by atoms with E-state index < -0.39 is 0 Å². The Balaban J connectivity index is 1.48. The summed E-state index contributed by atoms with van der Waals surface area (Å²) in [6.45, 7) is 8.24. The number of ether oxygens (including phenoxy) is 1. The van der Waals surface area contributed by atoms with Gasteiger partial charge in [-0.3, -0.25) is 4.79 Å². The minimum absolute atomic E-state index is 0.112. The molecular formula is C25H30N4O2S. The fourth-order valence-corrected chi connectivity index (χ4v) is 4.74. The van der Waals surface area contributed by atoms with Gasteiger partial charge in [0.1, 0.15) is 12.4 Å². The lowest BCUT2D eigenvalue weighted by Crippen LogP contribution is -2.35. The van der Waals surface area contributed by atoms with Gasteiger partial charge in [-0.1, -0.05) is 62.0 Å². The number of hydrogen-bond donors (Lipinski definition) is 0. The van der Waals surface area contributed by atoms with Crippen molar-refractivity contribution in [2.75, 3.05) is 11.4 Å². The number of fused-ring (bicyclic) bond motifs is 1. The topological polar surface area (TPSA) is 60.2 Å². The van der Waals surface area contributed by atoms with Gasteiger partial charge in [0.05, 0.1) is 5.25 Å². The van der Waals surface area contributed by atoms with Gasteiger partial charge in [0.15, 0.2) is 11.0 Å². The van der Waals surface area contributed by atoms with Crippen LogP contribution in [0.3, 0.4) is 0 Å². The van der Waals surface area contributed by atoms with E-state index in [1.807, 2.05) is 60.4 Å². The molecule has 1 aliphatic heterocycles. The Morgan fingerprint density at radius 1 is 1.06 bits per heavy atom. The molecule has 1 aliphatic rings. The maximum absolute atomic E-state index is 13.2. The molecule has 0 radical (unpaired) electrons. The lowest BCUT2D eigenvalue weighted by Gasteiger charge is -2.21. The van der Waals surface area contributed by atoms with E-state index in [1.165, 1.54) is 17.3 Å². The van der Waals surface area contributed by atoms with Crippen LogP contribution >= 0.6 is 11.8 Å². The van der Waals surface area contributed by atoms with E-state index >= 15 is 0 Å². The Bertz CT molecular complexity index is 1050. The maximum atomic E-state index is 13.2. The second-order valence-electron chi connectivity index (χ2n) is 8.46. The van der Waals surface area contributed by atoms with Gasteiger partial charge in [-0.2, -0.15) is 0 Å². The number of benzene rings is 2. The van der Waals surface area contributed by atoms with Crippen molar-refractivity contribution in [1.82, 2.24) is 14.8 Å². The summed E-state index contributed by atoms with van der Waals surface area (Å²) < 4.78 is 8.02. The average Bonchev–Trinajstić information content (AvgIpc) is 3.40. The molecule has 0 spiro atoms. The van der Waals surface area contributed by atoms with Crippen LogP contribution in [-0.4, -0.2) is 32.5 Å². The highest BCUT2D eigenvalue weighted by atomic mass is 32.2. The molecule has 0 saturated heterocycles. The molecule has 0 bridgehead atoms. The molecular weight excluding hydrogens is 420 g/mol. The van der Waals surface area contributed by atoms with Crippen LogP contribution in [-0.2, 0) is 24.4 Å². The van der Waals surface area contributed by atoms with Crippen molar-refractivity contribution in [2.45, 2.75) is 57.2 Å². The van der Waals surface area contributed by atoms with Crippen molar-refractivity contribution in [1.29, 1.82) is 0 Å². The molecule has 1 unspecified atom stereocenters. The summed E-state index contributed by atoms with van der Waals surface area (Å²) in [6, 6.07) is 17.9. The number of nitrogens with zero attached hydrogens (tertiary/aromatic N) is 4. The van der Waals surface area contributed by atoms with Crippen LogP contribution in [0.1, 0.15) is 38.6 Å². The van der Waals surface area contributed by atoms with Gasteiger partial charge in [-0.05, 0) is 49.4 Å². The molecule has 4 rings (SSSR count). The first kappa shape index (κ1) is 22.4. The third kappa shape index (κ3) is 5.15. The van der Waals surface area contributed by atoms with E-state index in [0.29, 0.717) is 12.5 Å². The first-order chi connectivity index (χ1) is 15.5. The third-order valence-electron chi connectivity index (χ3n) is 5.62. The van der Waals surface area contributed by atoms with Gasteiger partial charge >= 0.3 is 0 Å². The summed E-state index contributed by atoms with van der Waals surface area (Å²) in [5, 5.41) is 9.33. The molecule has 2 aromatic carbocycles. The zero-order valence-corrected chi connectivity index (χ0v) is 19.7. The standard InChI is InChI=1S/C25H30N4O2S/c1-18(2)13-15-29-23(17-31-21-10-5-4-6-11-21)26-27-25(29)32-19(3)24(30)28-16-14-20-9-7-8-12-22(20)28/h4-12,18-19H,13-17H2,1-3H3. The van der Waals surface area contributed by atoms with Gasteiger partial charge in [0, 0.05) is 18.8 Å². The Kier molecular flexibility index (Phi) is 7.15. The molecule has 3 aromatic rings. The summed E-state index contributed by atoms with van der Waals surface area (Å²) in [5.74, 6) is 2.25. The number of carbonyl (C=O) groups is 1. The van der Waals surface area contributed by atoms with Crippen molar-refractivity contribution in [3.05, 3.63) is 66.0 Å². The first-order valence-corrected chi connectivity index (χ1v) is 12.1. The molecule has 1 atom stereocenters. The van der Waals surface area contributed by atoms with Gasteiger partial charge in [-0.25, -0.2) is 0 Å². The fourth-order valence-electron chi connectivity index (χ4n) is 3.78. The minimum atomic E-state index is -0.258. The van der Waals surface area contributed by atoms with Crippen LogP contribution in [0.2, 0.25) is 0 Å². The van der Waals surface area contributed by atoms with Crippen molar-refractivity contribution >= 4 is 23.4 Å². The highest BCUT2D eigenvalue weighted by molar-refractivity contribution is 8.00. The molecule has 0 fully saturated rings. The van der Waals surface area contributed by atoms with E-state index in [0.717, 1.165) is 48.3 Å². The monoisotopic (exact) mass is 450 g/mol. The Labute approximate surface area is 194 Å². The maximum Gasteiger partial charge on any atom is 0.240 e. The van der Waals surface area contributed by atoms with Gasteiger partial charge in [0.2, 0.25) is 5.91 Å². The number of amides is 1. The highest BCUT2D eigenvalue weighted by Crippen LogP contribution is 2.31. The van der Waals surface area contributed by atoms with E-state index in [1.54, 1.807) is 0 Å². The van der Waals surface area contributed by atoms with Crippen LogP contribution < -0.4 is 9.64 Å². The second kappa shape index (κ2) is 10.2. The quantitative estimate of drug-likeness (QED) is 0.431. The van der Waals surface area contributed by atoms with E-state index in [9.17, 15) is 4.79 Å². The van der Waals surface area contributed by atoms with Gasteiger partial charge < -0.3 is 14.2 Å². The summed E-state index contributed by atoms with van der Waals surface area (Å²) >= 11 is 1.48. The lowest BCUT2D eigenvalue weighted by atomic mass is 10.1.